The summed E-state index contributed by atoms with van der Waals surface area (Å²) < 4.78 is 41.5. The molecule has 1 saturated heterocycles. The standard InChI is InChI=1S/C10H12F3N3O2/c11-10(12,13)9(17)18-8-2-4-16(15-8)6-7-1-3-14-5-7/h2,4,7,14H,1,3,5-6H2/t7-/m0/s1. The lowest BCUT2D eigenvalue weighted by molar-refractivity contribution is -0.190. The molecular formula is C10H12F3N3O2. The van der Waals surface area contributed by atoms with Crippen LogP contribution in [0, 0.1) is 5.92 Å². The summed E-state index contributed by atoms with van der Waals surface area (Å²) in [6.45, 7) is 2.38. The van der Waals surface area contributed by atoms with Crippen molar-refractivity contribution in [3.63, 3.8) is 0 Å². The van der Waals surface area contributed by atoms with Gasteiger partial charge in [-0.1, -0.05) is 0 Å². The number of nitrogens with one attached hydrogen (secondary N) is 1. The molecule has 0 aliphatic carbocycles. The normalized spacial score (nSPS) is 20.1. The minimum Gasteiger partial charge on any atom is -0.399 e. The van der Waals surface area contributed by atoms with Crippen molar-refractivity contribution in [1.82, 2.24) is 15.1 Å². The van der Waals surface area contributed by atoms with Crippen LogP contribution in [0.2, 0.25) is 0 Å². The molecule has 0 amide bonds. The number of halogens is 3. The first-order chi connectivity index (χ1) is 8.45. The Labute approximate surface area is 101 Å². The number of esters is 1. The van der Waals surface area contributed by atoms with E-state index >= 15 is 0 Å². The smallest absolute Gasteiger partial charge is 0.399 e. The molecule has 0 bridgehead atoms. The molecule has 0 spiro atoms. The summed E-state index contributed by atoms with van der Waals surface area (Å²) in [5.74, 6) is -2.19. The SMILES string of the molecule is O=C(Oc1ccn(C[C@H]2CCNC2)n1)C(F)(F)F. The van der Waals surface area contributed by atoms with E-state index in [0.717, 1.165) is 19.5 Å². The van der Waals surface area contributed by atoms with Gasteiger partial charge in [0, 0.05) is 18.8 Å². The third-order valence-electron chi connectivity index (χ3n) is 2.65. The first-order valence-electron chi connectivity index (χ1n) is 5.48. The topological polar surface area (TPSA) is 56.1 Å². The second-order valence-corrected chi connectivity index (χ2v) is 4.12. The predicted molar refractivity (Wildman–Crippen MR) is 54.9 cm³/mol. The Hall–Kier alpha value is -1.57. The highest BCUT2D eigenvalue weighted by Crippen LogP contribution is 2.19. The van der Waals surface area contributed by atoms with Gasteiger partial charge in [-0.05, 0) is 25.4 Å². The highest BCUT2D eigenvalue weighted by molar-refractivity contribution is 5.77. The van der Waals surface area contributed by atoms with Gasteiger partial charge in [0.2, 0.25) is 5.88 Å². The Morgan fingerprint density at radius 2 is 2.39 bits per heavy atom. The second kappa shape index (κ2) is 4.97. The molecule has 1 fully saturated rings. The van der Waals surface area contributed by atoms with Gasteiger partial charge in [-0.2, -0.15) is 13.2 Å². The minimum absolute atomic E-state index is 0.330. The van der Waals surface area contributed by atoms with Gasteiger partial charge in [0.15, 0.2) is 0 Å². The van der Waals surface area contributed by atoms with E-state index in [-0.39, 0.29) is 5.88 Å². The van der Waals surface area contributed by atoms with Crippen molar-refractivity contribution >= 4 is 5.97 Å². The maximum atomic E-state index is 12.0. The molecule has 0 radical (unpaired) electrons. The minimum atomic E-state index is -5.00. The molecule has 1 aliphatic heterocycles. The van der Waals surface area contributed by atoms with E-state index in [1.165, 1.54) is 16.9 Å². The van der Waals surface area contributed by atoms with Crippen LogP contribution in [0.1, 0.15) is 6.42 Å². The van der Waals surface area contributed by atoms with Gasteiger partial charge in [0.05, 0.1) is 0 Å². The molecule has 0 unspecified atom stereocenters. The molecule has 1 aliphatic rings. The van der Waals surface area contributed by atoms with Gasteiger partial charge in [-0.15, -0.1) is 5.10 Å². The molecule has 0 aromatic carbocycles. The Morgan fingerprint density at radius 1 is 1.61 bits per heavy atom. The highest BCUT2D eigenvalue weighted by Gasteiger charge is 2.41. The van der Waals surface area contributed by atoms with Crippen LogP contribution in [-0.4, -0.2) is 35.0 Å². The van der Waals surface area contributed by atoms with Crippen molar-refractivity contribution in [2.75, 3.05) is 13.1 Å². The molecule has 0 saturated carbocycles. The van der Waals surface area contributed by atoms with E-state index in [1.807, 2.05) is 0 Å². The lowest BCUT2D eigenvalue weighted by atomic mass is 10.1. The quantitative estimate of drug-likeness (QED) is 0.825. The van der Waals surface area contributed by atoms with Crippen LogP contribution in [-0.2, 0) is 11.3 Å². The summed E-state index contributed by atoms with van der Waals surface area (Å²) >= 11 is 0. The van der Waals surface area contributed by atoms with Gasteiger partial charge in [-0.25, -0.2) is 4.79 Å². The van der Waals surface area contributed by atoms with Crippen LogP contribution in [0.15, 0.2) is 12.3 Å². The number of hydrogen-bond donors (Lipinski definition) is 1. The van der Waals surface area contributed by atoms with Crippen LogP contribution in [0.5, 0.6) is 5.88 Å². The van der Waals surface area contributed by atoms with E-state index in [1.54, 1.807) is 0 Å². The summed E-state index contributed by atoms with van der Waals surface area (Å²) in [7, 11) is 0. The molecule has 2 rings (SSSR count). The Morgan fingerprint density at radius 3 is 3.00 bits per heavy atom. The summed E-state index contributed by atoms with van der Waals surface area (Å²) in [4.78, 5) is 10.6. The first-order valence-corrected chi connectivity index (χ1v) is 5.48. The lowest BCUT2D eigenvalue weighted by Crippen LogP contribution is -2.28. The fraction of sp³-hybridized carbons (Fsp3) is 0.600. The molecular weight excluding hydrogens is 251 g/mol. The average Bonchev–Trinajstić information content (AvgIpc) is 2.89. The van der Waals surface area contributed by atoms with E-state index in [4.69, 9.17) is 0 Å². The molecule has 100 valence electrons. The number of carbonyl (C=O) groups is 1. The third kappa shape index (κ3) is 3.22. The molecule has 1 atom stereocenters. The number of hydrogen-bond acceptors (Lipinski definition) is 4. The summed E-state index contributed by atoms with van der Waals surface area (Å²) in [6, 6.07) is 1.24. The number of nitrogens with zero attached hydrogens (tertiary/aromatic N) is 2. The zero-order chi connectivity index (χ0) is 13.2. The molecule has 5 nitrogen and oxygen atoms in total. The van der Waals surface area contributed by atoms with Crippen LogP contribution >= 0.6 is 0 Å². The van der Waals surface area contributed by atoms with Crippen molar-refractivity contribution < 1.29 is 22.7 Å². The third-order valence-corrected chi connectivity index (χ3v) is 2.65. The van der Waals surface area contributed by atoms with Gasteiger partial charge in [0.25, 0.3) is 0 Å². The van der Waals surface area contributed by atoms with Crippen LogP contribution in [0.25, 0.3) is 0 Å². The molecule has 1 aromatic rings. The highest BCUT2D eigenvalue weighted by atomic mass is 19.4. The van der Waals surface area contributed by atoms with Crippen molar-refractivity contribution in [2.45, 2.75) is 19.1 Å². The van der Waals surface area contributed by atoms with Gasteiger partial charge < -0.3 is 10.1 Å². The van der Waals surface area contributed by atoms with Crippen molar-refractivity contribution in [1.29, 1.82) is 0 Å². The van der Waals surface area contributed by atoms with E-state index in [2.05, 4.69) is 15.2 Å². The van der Waals surface area contributed by atoms with Gasteiger partial charge >= 0.3 is 12.1 Å². The number of rotatable bonds is 3. The van der Waals surface area contributed by atoms with E-state index < -0.39 is 12.1 Å². The predicted octanol–water partition coefficient (Wildman–Crippen LogP) is 0.960. The second-order valence-electron chi connectivity index (χ2n) is 4.12. The molecule has 18 heavy (non-hydrogen) atoms. The monoisotopic (exact) mass is 263 g/mol. The van der Waals surface area contributed by atoms with Crippen LogP contribution in [0.4, 0.5) is 13.2 Å². The van der Waals surface area contributed by atoms with E-state index in [9.17, 15) is 18.0 Å². The van der Waals surface area contributed by atoms with Crippen molar-refractivity contribution in [3.8, 4) is 5.88 Å². The van der Waals surface area contributed by atoms with Crippen LogP contribution < -0.4 is 10.1 Å². The Balaban J connectivity index is 1.91. The Kier molecular flexibility index (Phi) is 3.55. The first kappa shape index (κ1) is 12.9. The zero-order valence-electron chi connectivity index (χ0n) is 9.41. The maximum absolute atomic E-state index is 12.0. The fourth-order valence-corrected chi connectivity index (χ4v) is 1.79. The van der Waals surface area contributed by atoms with Crippen molar-refractivity contribution in [2.24, 2.45) is 5.92 Å². The maximum Gasteiger partial charge on any atom is 0.491 e. The number of aromatic nitrogens is 2. The largest absolute Gasteiger partial charge is 0.491 e. The van der Waals surface area contributed by atoms with Crippen molar-refractivity contribution in [3.05, 3.63) is 12.3 Å². The number of ether oxygens (including phenoxy) is 1. The Bertz CT molecular complexity index is 424. The lowest BCUT2D eigenvalue weighted by Gasteiger charge is -2.07. The average molecular weight is 263 g/mol. The van der Waals surface area contributed by atoms with Gasteiger partial charge in [0.1, 0.15) is 0 Å². The summed E-state index contributed by atoms with van der Waals surface area (Å²) in [5, 5.41) is 6.95. The van der Waals surface area contributed by atoms with Crippen LogP contribution in [0.3, 0.4) is 0 Å². The summed E-state index contributed by atoms with van der Waals surface area (Å²) in [6.07, 6.45) is -2.51. The fourth-order valence-electron chi connectivity index (χ4n) is 1.79. The molecule has 2 heterocycles. The number of carbonyl (C=O) groups excluding carboxylic acids is 1. The zero-order valence-corrected chi connectivity index (χ0v) is 9.41. The number of alkyl halides is 3. The molecule has 8 heteroatoms. The molecule has 1 N–H and O–H groups in total. The summed E-state index contributed by atoms with van der Waals surface area (Å²) in [5.41, 5.74) is 0. The van der Waals surface area contributed by atoms with E-state index in [0.29, 0.717) is 12.5 Å². The van der Waals surface area contributed by atoms with Gasteiger partial charge in [-0.3, -0.25) is 4.68 Å². The molecule has 1 aromatic heterocycles.